The van der Waals surface area contributed by atoms with Gasteiger partial charge in [-0.25, -0.2) is 4.79 Å². The lowest BCUT2D eigenvalue weighted by molar-refractivity contribution is 0.166. The van der Waals surface area contributed by atoms with E-state index in [-0.39, 0.29) is 18.7 Å². The summed E-state index contributed by atoms with van der Waals surface area (Å²) < 4.78 is 6.38. The van der Waals surface area contributed by atoms with Crippen molar-refractivity contribution in [3.8, 4) is 5.75 Å². The molecule has 1 saturated heterocycles. The van der Waals surface area contributed by atoms with E-state index in [1.54, 1.807) is 4.90 Å². The first kappa shape index (κ1) is 15.1. The highest BCUT2D eigenvalue weighted by atomic mass is 79.9. The van der Waals surface area contributed by atoms with Crippen LogP contribution in [0.2, 0.25) is 0 Å². The Bertz CT molecular complexity index is 481. The normalized spacial score (nSPS) is 18.1. The van der Waals surface area contributed by atoms with Crippen molar-refractivity contribution in [2.24, 2.45) is 0 Å². The number of carbonyl (C=O) groups is 1. The molecule has 0 unspecified atom stereocenters. The lowest BCUT2D eigenvalue weighted by Crippen LogP contribution is -2.40. The molecule has 6 heteroatoms. The van der Waals surface area contributed by atoms with Crippen molar-refractivity contribution < 1.29 is 14.6 Å². The second-order valence-electron chi connectivity index (χ2n) is 4.68. The lowest BCUT2D eigenvalue weighted by atomic mass is 10.2. The van der Waals surface area contributed by atoms with Gasteiger partial charge in [-0.1, -0.05) is 15.9 Å². The van der Waals surface area contributed by atoms with Gasteiger partial charge in [0.1, 0.15) is 5.75 Å². The van der Waals surface area contributed by atoms with Crippen LogP contribution >= 0.6 is 15.9 Å². The monoisotopic (exact) mass is 342 g/mol. The fraction of sp³-hybridized carbons (Fsp3) is 0.500. The number of likely N-dealkylation sites (tertiary alicyclic amines) is 1. The molecule has 0 spiro atoms. The van der Waals surface area contributed by atoms with Crippen LogP contribution in [-0.4, -0.2) is 41.8 Å². The van der Waals surface area contributed by atoms with Crippen molar-refractivity contribution >= 4 is 27.6 Å². The Morgan fingerprint density at radius 2 is 2.40 bits per heavy atom. The van der Waals surface area contributed by atoms with Gasteiger partial charge in [-0.05, 0) is 38.0 Å². The van der Waals surface area contributed by atoms with Crippen LogP contribution in [-0.2, 0) is 0 Å². The number of aliphatic hydroxyl groups is 1. The number of halogens is 1. The maximum atomic E-state index is 12.3. The Kier molecular flexibility index (Phi) is 5.25. The zero-order chi connectivity index (χ0) is 14.5. The number of rotatable bonds is 4. The summed E-state index contributed by atoms with van der Waals surface area (Å²) >= 11 is 3.39. The SMILES string of the molecule is CCOc1ccc(Br)cc1NC(=O)N1CCC[C@@H]1CO. The number of nitrogens with one attached hydrogen (secondary N) is 1. The van der Waals surface area contributed by atoms with Gasteiger partial charge in [0.25, 0.3) is 0 Å². The summed E-state index contributed by atoms with van der Waals surface area (Å²) in [4.78, 5) is 14.0. The molecule has 1 aromatic carbocycles. The van der Waals surface area contributed by atoms with E-state index in [1.165, 1.54) is 0 Å². The number of carbonyl (C=O) groups excluding carboxylic acids is 1. The predicted molar refractivity (Wildman–Crippen MR) is 81.1 cm³/mol. The van der Waals surface area contributed by atoms with E-state index in [1.807, 2.05) is 25.1 Å². The fourth-order valence-corrected chi connectivity index (χ4v) is 2.72. The molecule has 1 aliphatic rings. The number of hydrogen-bond donors (Lipinski definition) is 2. The number of benzene rings is 1. The summed E-state index contributed by atoms with van der Waals surface area (Å²) in [7, 11) is 0. The van der Waals surface area contributed by atoms with Crippen molar-refractivity contribution in [2.75, 3.05) is 25.1 Å². The van der Waals surface area contributed by atoms with Crippen LogP contribution in [0.1, 0.15) is 19.8 Å². The van der Waals surface area contributed by atoms with Gasteiger partial charge in [0.2, 0.25) is 0 Å². The average Bonchev–Trinajstić information content (AvgIpc) is 2.90. The average molecular weight is 343 g/mol. The molecule has 1 aliphatic heterocycles. The summed E-state index contributed by atoms with van der Waals surface area (Å²) in [6.45, 7) is 3.11. The van der Waals surface area contributed by atoms with Crippen LogP contribution in [0.4, 0.5) is 10.5 Å². The zero-order valence-electron chi connectivity index (χ0n) is 11.4. The van der Waals surface area contributed by atoms with E-state index in [0.29, 0.717) is 24.6 Å². The number of anilines is 1. The number of amides is 2. The van der Waals surface area contributed by atoms with Gasteiger partial charge in [0, 0.05) is 11.0 Å². The van der Waals surface area contributed by atoms with Gasteiger partial charge < -0.3 is 20.1 Å². The number of nitrogens with zero attached hydrogens (tertiary/aromatic N) is 1. The summed E-state index contributed by atoms with van der Waals surface area (Å²) in [5.41, 5.74) is 0.634. The number of urea groups is 1. The summed E-state index contributed by atoms with van der Waals surface area (Å²) in [5, 5.41) is 12.1. The molecule has 2 rings (SSSR count). The second-order valence-corrected chi connectivity index (χ2v) is 5.59. The van der Waals surface area contributed by atoms with Crippen LogP contribution in [0, 0.1) is 0 Å². The van der Waals surface area contributed by atoms with Crippen LogP contribution in [0.15, 0.2) is 22.7 Å². The van der Waals surface area contributed by atoms with Gasteiger partial charge in [-0.3, -0.25) is 0 Å². The zero-order valence-corrected chi connectivity index (χ0v) is 13.0. The minimum absolute atomic E-state index is 0.00419. The van der Waals surface area contributed by atoms with E-state index in [9.17, 15) is 9.90 Å². The Balaban J connectivity index is 2.12. The Hall–Kier alpha value is -1.27. The molecule has 2 amide bonds. The molecular weight excluding hydrogens is 324 g/mol. The third-order valence-electron chi connectivity index (χ3n) is 3.33. The molecule has 110 valence electrons. The quantitative estimate of drug-likeness (QED) is 0.884. The van der Waals surface area contributed by atoms with Crippen LogP contribution < -0.4 is 10.1 Å². The molecule has 0 radical (unpaired) electrons. The van der Waals surface area contributed by atoms with Gasteiger partial charge in [-0.15, -0.1) is 0 Å². The maximum absolute atomic E-state index is 12.3. The minimum atomic E-state index is -0.194. The van der Waals surface area contributed by atoms with E-state index in [2.05, 4.69) is 21.2 Å². The second kappa shape index (κ2) is 6.95. The van der Waals surface area contributed by atoms with Gasteiger partial charge >= 0.3 is 6.03 Å². The minimum Gasteiger partial charge on any atom is -0.492 e. The van der Waals surface area contributed by atoms with E-state index >= 15 is 0 Å². The van der Waals surface area contributed by atoms with Crippen molar-refractivity contribution in [1.29, 1.82) is 0 Å². The topological polar surface area (TPSA) is 61.8 Å². The first-order chi connectivity index (χ1) is 9.65. The standard InChI is InChI=1S/C14H19BrN2O3/c1-2-20-13-6-5-10(15)8-12(13)16-14(19)17-7-3-4-11(17)9-18/h5-6,8,11,18H,2-4,7,9H2,1H3,(H,16,19)/t11-/m1/s1. The van der Waals surface area contributed by atoms with Gasteiger partial charge in [0.05, 0.1) is 24.9 Å². The van der Waals surface area contributed by atoms with Gasteiger partial charge in [-0.2, -0.15) is 0 Å². The van der Waals surface area contributed by atoms with Crippen LogP contribution in [0.25, 0.3) is 0 Å². The molecular formula is C14H19BrN2O3. The highest BCUT2D eigenvalue weighted by Gasteiger charge is 2.28. The molecule has 1 atom stereocenters. The number of hydrogen-bond acceptors (Lipinski definition) is 3. The molecule has 0 aliphatic carbocycles. The van der Waals surface area contributed by atoms with Crippen molar-refractivity contribution in [3.63, 3.8) is 0 Å². The fourth-order valence-electron chi connectivity index (χ4n) is 2.36. The van der Waals surface area contributed by atoms with E-state index in [0.717, 1.165) is 17.3 Å². The summed E-state index contributed by atoms with van der Waals surface area (Å²) in [6.07, 6.45) is 1.77. The Morgan fingerprint density at radius 3 is 3.10 bits per heavy atom. The van der Waals surface area contributed by atoms with Crippen LogP contribution in [0.5, 0.6) is 5.75 Å². The molecule has 0 saturated carbocycles. The highest BCUT2D eigenvalue weighted by molar-refractivity contribution is 9.10. The largest absolute Gasteiger partial charge is 0.492 e. The van der Waals surface area contributed by atoms with Crippen molar-refractivity contribution in [3.05, 3.63) is 22.7 Å². The van der Waals surface area contributed by atoms with Crippen LogP contribution in [0.3, 0.4) is 0 Å². The smallest absolute Gasteiger partial charge is 0.322 e. The summed E-state index contributed by atoms with van der Waals surface area (Å²) in [5.74, 6) is 0.642. The van der Waals surface area contributed by atoms with E-state index < -0.39 is 0 Å². The molecule has 0 bridgehead atoms. The van der Waals surface area contributed by atoms with Gasteiger partial charge in [0.15, 0.2) is 0 Å². The highest BCUT2D eigenvalue weighted by Crippen LogP contribution is 2.29. The molecule has 5 nitrogen and oxygen atoms in total. The Labute approximate surface area is 127 Å². The summed E-state index contributed by atoms with van der Waals surface area (Å²) in [6, 6.07) is 5.22. The molecule has 1 fully saturated rings. The van der Waals surface area contributed by atoms with E-state index in [4.69, 9.17) is 4.74 Å². The molecule has 20 heavy (non-hydrogen) atoms. The Morgan fingerprint density at radius 1 is 1.60 bits per heavy atom. The number of aliphatic hydroxyl groups excluding tert-OH is 1. The predicted octanol–water partition coefficient (Wildman–Crippen LogP) is 2.84. The molecule has 0 aromatic heterocycles. The third-order valence-corrected chi connectivity index (χ3v) is 3.83. The maximum Gasteiger partial charge on any atom is 0.322 e. The van der Waals surface area contributed by atoms with Crippen molar-refractivity contribution in [2.45, 2.75) is 25.8 Å². The molecule has 1 aromatic rings. The lowest BCUT2D eigenvalue weighted by Gasteiger charge is -2.24. The molecule has 1 heterocycles. The first-order valence-corrected chi connectivity index (χ1v) is 7.55. The molecule has 2 N–H and O–H groups in total. The number of ether oxygens (including phenoxy) is 1. The van der Waals surface area contributed by atoms with Crippen molar-refractivity contribution in [1.82, 2.24) is 4.90 Å². The third kappa shape index (κ3) is 3.43. The first-order valence-electron chi connectivity index (χ1n) is 6.76.